The predicted molar refractivity (Wildman–Crippen MR) is 58.9 cm³/mol. The van der Waals surface area contributed by atoms with Gasteiger partial charge in [0.05, 0.1) is 6.04 Å². The predicted octanol–water partition coefficient (Wildman–Crippen LogP) is 0.437. The molecule has 0 unspecified atom stereocenters. The van der Waals surface area contributed by atoms with Crippen LogP contribution in [0.4, 0.5) is 0 Å². The van der Waals surface area contributed by atoms with E-state index in [2.05, 4.69) is 4.98 Å². The van der Waals surface area contributed by atoms with Crippen molar-refractivity contribution >= 4 is 5.78 Å². The molecule has 1 heterocycles. The lowest BCUT2D eigenvalue weighted by Crippen LogP contribution is -2.36. The standard InChI is InChI=1S/C11H16N2O2/c1-8(14)10(13(2)3)6-9-4-5-11(15)12-7-9/h4-5,7,10H,6H2,1-3H3,(H,12,15)/t10-/m0/s1. The molecule has 1 aromatic rings. The van der Waals surface area contributed by atoms with E-state index in [1.807, 2.05) is 19.0 Å². The second kappa shape index (κ2) is 4.89. The van der Waals surface area contributed by atoms with Crippen LogP contribution in [0.15, 0.2) is 23.1 Å². The molecule has 1 atom stereocenters. The Balaban J connectivity index is 2.79. The molecule has 0 saturated heterocycles. The molecule has 4 nitrogen and oxygen atoms in total. The van der Waals surface area contributed by atoms with Gasteiger partial charge < -0.3 is 4.98 Å². The van der Waals surface area contributed by atoms with Crippen molar-refractivity contribution in [2.75, 3.05) is 14.1 Å². The van der Waals surface area contributed by atoms with Crippen molar-refractivity contribution in [1.82, 2.24) is 9.88 Å². The first-order valence-electron chi connectivity index (χ1n) is 4.85. The highest BCUT2D eigenvalue weighted by Gasteiger charge is 2.16. The number of carbonyl (C=O) groups is 1. The average Bonchev–Trinajstić information content (AvgIpc) is 2.15. The number of pyridine rings is 1. The summed E-state index contributed by atoms with van der Waals surface area (Å²) in [5.41, 5.74) is 0.839. The summed E-state index contributed by atoms with van der Waals surface area (Å²) in [4.78, 5) is 26.7. The number of nitrogens with zero attached hydrogens (tertiary/aromatic N) is 1. The number of H-pyrrole nitrogens is 1. The smallest absolute Gasteiger partial charge is 0.247 e. The molecule has 4 heteroatoms. The van der Waals surface area contributed by atoms with Crippen LogP contribution in [0.3, 0.4) is 0 Å². The van der Waals surface area contributed by atoms with Crippen LogP contribution in [-0.4, -0.2) is 35.8 Å². The quantitative estimate of drug-likeness (QED) is 0.781. The number of aromatic nitrogens is 1. The van der Waals surface area contributed by atoms with Gasteiger partial charge in [0.25, 0.3) is 0 Å². The van der Waals surface area contributed by atoms with Gasteiger partial charge in [-0.3, -0.25) is 14.5 Å². The molecule has 0 fully saturated rings. The lowest BCUT2D eigenvalue weighted by atomic mass is 10.0. The molecule has 0 aromatic carbocycles. The van der Waals surface area contributed by atoms with Crippen molar-refractivity contribution in [3.8, 4) is 0 Å². The molecular formula is C11H16N2O2. The van der Waals surface area contributed by atoms with Gasteiger partial charge in [-0.05, 0) is 33.0 Å². The number of hydrogen-bond donors (Lipinski definition) is 1. The fraction of sp³-hybridized carbons (Fsp3) is 0.455. The Morgan fingerprint density at radius 2 is 2.13 bits per heavy atom. The molecule has 1 N–H and O–H groups in total. The summed E-state index contributed by atoms with van der Waals surface area (Å²) in [6.45, 7) is 1.58. The van der Waals surface area contributed by atoms with Gasteiger partial charge in [-0.15, -0.1) is 0 Å². The molecule has 0 bridgehead atoms. The summed E-state index contributed by atoms with van der Waals surface area (Å²) in [7, 11) is 3.75. The van der Waals surface area contributed by atoms with Gasteiger partial charge in [0.15, 0.2) is 0 Å². The molecule has 0 aliphatic rings. The molecule has 0 aliphatic carbocycles. The van der Waals surface area contributed by atoms with E-state index >= 15 is 0 Å². The van der Waals surface area contributed by atoms with E-state index in [0.717, 1.165) is 5.56 Å². The molecule has 0 spiro atoms. The first-order valence-corrected chi connectivity index (χ1v) is 4.85. The monoisotopic (exact) mass is 208 g/mol. The van der Waals surface area contributed by atoms with E-state index in [1.165, 1.54) is 6.07 Å². The Kier molecular flexibility index (Phi) is 3.80. The molecule has 1 aromatic heterocycles. The third-order valence-corrected chi connectivity index (χ3v) is 2.37. The second-order valence-corrected chi connectivity index (χ2v) is 3.86. The van der Waals surface area contributed by atoms with Crippen molar-refractivity contribution in [3.63, 3.8) is 0 Å². The Morgan fingerprint density at radius 1 is 1.47 bits per heavy atom. The Morgan fingerprint density at radius 3 is 2.53 bits per heavy atom. The molecule has 1 rings (SSSR count). The lowest BCUT2D eigenvalue weighted by molar-refractivity contribution is -0.121. The van der Waals surface area contributed by atoms with E-state index in [4.69, 9.17) is 0 Å². The zero-order valence-electron chi connectivity index (χ0n) is 9.28. The van der Waals surface area contributed by atoms with Gasteiger partial charge in [0, 0.05) is 12.3 Å². The van der Waals surface area contributed by atoms with Crippen molar-refractivity contribution in [1.29, 1.82) is 0 Å². The minimum atomic E-state index is -0.129. The topological polar surface area (TPSA) is 53.2 Å². The largest absolute Gasteiger partial charge is 0.329 e. The number of carbonyl (C=O) groups excluding carboxylic acids is 1. The van der Waals surface area contributed by atoms with Gasteiger partial charge in [-0.2, -0.15) is 0 Å². The molecular weight excluding hydrogens is 192 g/mol. The summed E-state index contributed by atoms with van der Waals surface area (Å²) in [6, 6.07) is 3.09. The highest BCUT2D eigenvalue weighted by atomic mass is 16.1. The summed E-state index contributed by atoms with van der Waals surface area (Å²) >= 11 is 0. The van der Waals surface area contributed by atoms with Crippen LogP contribution < -0.4 is 5.56 Å². The average molecular weight is 208 g/mol. The van der Waals surface area contributed by atoms with Gasteiger partial charge >= 0.3 is 0 Å². The molecule has 15 heavy (non-hydrogen) atoms. The molecule has 0 amide bonds. The first-order chi connectivity index (χ1) is 7.00. The van der Waals surface area contributed by atoms with Crippen LogP contribution in [0.5, 0.6) is 0 Å². The van der Waals surface area contributed by atoms with Gasteiger partial charge in [-0.1, -0.05) is 6.07 Å². The lowest BCUT2D eigenvalue weighted by Gasteiger charge is -2.21. The number of nitrogens with one attached hydrogen (secondary N) is 1. The minimum absolute atomic E-state index is 0.122. The molecule has 0 radical (unpaired) electrons. The number of hydrogen-bond acceptors (Lipinski definition) is 3. The van der Waals surface area contributed by atoms with Crippen molar-refractivity contribution < 1.29 is 4.79 Å². The second-order valence-electron chi connectivity index (χ2n) is 3.86. The highest BCUT2D eigenvalue weighted by Crippen LogP contribution is 2.05. The summed E-state index contributed by atoms with van der Waals surface area (Å²) in [5.74, 6) is 0.131. The van der Waals surface area contributed by atoms with Crippen LogP contribution in [0.2, 0.25) is 0 Å². The maximum absolute atomic E-state index is 11.3. The highest BCUT2D eigenvalue weighted by molar-refractivity contribution is 5.81. The number of ketones is 1. The summed E-state index contributed by atoms with van der Waals surface area (Å²) < 4.78 is 0. The molecule has 0 saturated carbocycles. The number of rotatable bonds is 4. The van der Waals surface area contributed by atoms with Crippen molar-refractivity contribution in [2.45, 2.75) is 19.4 Å². The molecule has 82 valence electrons. The van der Waals surface area contributed by atoms with E-state index in [1.54, 1.807) is 19.2 Å². The third-order valence-electron chi connectivity index (χ3n) is 2.37. The maximum Gasteiger partial charge on any atom is 0.247 e. The van der Waals surface area contributed by atoms with Gasteiger partial charge in [0.1, 0.15) is 5.78 Å². The molecule has 0 aliphatic heterocycles. The van der Waals surface area contributed by atoms with Crippen molar-refractivity contribution in [3.05, 3.63) is 34.2 Å². The fourth-order valence-corrected chi connectivity index (χ4v) is 1.48. The third kappa shape index (κ3) is 3.32. The van der Waals surface area contributed by atoms with Crippen LogP contribution in [0, 0.1) is 0 Å². The van der Waals surface area contributed by atoms with Crippen LogP contribution >= 0.6 is 0 Å². The summed E-state index contributed by atoms with van der Waals surface area (Å²) in [5, 5.41) is 0. The Hall–Kier alpha value is -1.42. The minimum Gasteiger partial charge on any atom is -0.329 e. The van der Waals surface area contributed by atoms with Gasteiger partial charge in [-0.25, -0.2) is 0 Å². The number of Topliss-reactive ketones (excluding diaryl/α,β-unsaturated/α-hetero) is 1. The summed E-state index contributed by atoms with van der Waals surface area (Å²) in [6.07, 6.45) is 2.28. The van der Waals surface area contributed by atoms with E-state index in [9.17, 15) is 9.59 Å². The van der Waals surface area contributed by atoms with Crippen LogP contribution in [0.25, 0.3) is 0 Å². The first kappa shape index (κ1) is 11.7. The van der Waals surface area contributed by atoms with Crippen molar-refractivity contribution in [2.24, 2.45) is 0 Å². The van der Waals surface area contributed by atoms with Gasteiger partial charge in [0.2, 0.25) is 5.56 Å². The van der Waals surface area contributed by atoms with Crippen LogP contribution in [-0.2, 0) is 11.2 Å². The Labute approximate surface area is 88.9 Å². The zero-order valence-corrected chi connectivity index (χ0v) is 9.28. The fourth-order valence-electron chi connectivity index (χ4n) is 1.48. The number of aromatic amines is 1. The maximum atomic E-state index is 11.3. The Bertz CT molecular complexity index is 375. The van der Waals surface area contributed by atoms with E-state index < -0.39 is 0 Å². The normalized spacial score (nSPS) is 12.8. The van der Waals surface area contributed by atoms with E-state index in [-0.39, 0.29) is 17.4 Å². The zero-order chi connectivity index (χ0) is 11.4. The van der Waals surface area contributed by atoms with E-state index in [0.29, 0.717) is 6.42 Å². The number of likely N-dealkylation sites (N-methyl/N-ethyl adjacent to an activating group) is 1. The van der Waals surface area contributed by atoms with Crippen LogP contribution in [0.1, 0.15) is 12.5 Å². The SMILES string of the molecule is CC(=O)[C@H](Cc1ccc(=O)[nH]c1)N(C)C.